The van der Waals surface area contributed by atoms with E-state index >= 15 is 0 Å². The zero-order valence-corrected chi connectivity index (χ0v) is 14.3. The molecular weight excluding hydrogens is 306 g/mol. The van der Waals surface area contributed by atoms with Gasteiger partial charge in [0.05, 0.1) is 5.69 Å². The molecule has 0 spiro atoms. The Bertz CT molecular complexity index is 972. The van der Waals surface area contributed by atoms with Crippen molar-refractivity contribution < 1.29 is 0 Å². The fourth-order valence-electron chi connectivity index (χ4n) is 3.12. The van der Waals surface area contributed by atoms with Crippen molar-refractivity contribution in [2.45, 2.75) is 19.8 Å². The average Bonchev–Trinajstić information content (AvgIpc) is 3.01. The highest BCUT2D eigenvalue weighted by Gasteiger charge is 2.13. The van der Waals surface area contributed by atoms with Gasteiger partial charge in [-0.05, 0) is 49.1 Å². The van der Waals surface area contributed by atoms with Crippen molar-refractivity contribution in [1.82, 2.24) is 9.38 Å². The number of rotatable bonds is 5. The number of pyridine rings is 1. The van der Waals surface area contributed by atoms with Crippen molar-refractivity contribution in [3.63, 3.8) is 0 Å². The van der Waals surface area contributed by atoms with Gasteiger partial charge >= 0.3 is 0 Å². The van der Waals surface area contributed by atoms with Crippen LogP contribution < -0.4 is 5.32 Å². The first-order valence-corrected chi connectivity index (χ1v) is 8.64. The lowest BCUT2D eigenvalue weighted by atomic mass is 10.1. The first-order valence-electron chi connectivity index (χ1n) is 8.64. The average molecular weight is 327 g/mol. The molecule has 0 saturated carbocycles. The summed E-state index contributed by atoms with van der Waals surface area (Å²) in [4.78, 5) is 4.92. The lowest BCUT2D eigenvalue weighted by Crippen LogP contribution is -2.00. The molecule has 2 heterocycles. The summed E-state index contributed by atoms with van der Waals surface area (Å²) >= 11 is 0. The van der Waals surface area contributed by atoms with E-state index in [1.807, 2.05) is 18.2 Å². The summed E-state index contributed by atoms with van der Waals surface area (Å²) in [6.45, 7) is 2.11. The molecule has 0 amide bonds. The first kappa shape index (κ1) is 15.5. The van der Waals surface area contributed by atoms with E-state index in [1.165, 1.54) is 11.1 Å². The molecule has 3 nitrogen and oxygen atoms in total. The number of hydrogen-bond donors (Lipinski definition) is 1. The number of benzene rings is 2. The van der Waals surface area contributed by atoms with E-state index in [1.54, 1.807) is 0 Å². The fourth-order valence-corrected chi connectivity index (χ4v) is 3.12. The summed E-state index contributed by atoms with van der Waals surface area (Å²) in [7, 11) is 0. The molecule has 0 aliphatic heterocycles. The molecule has 0 saturated heterocycles. The maximum Gasteiger partial charge on any atom is 0.141 e. The van der Waals surface area contributed by atoms with E-state index in [2.05, 4.69) is 77.4 Å². The van der Waals surface area contributed by atoms with E-state index in [0.717, 1.165) is 35.7 Å². The highest BCUT2D eigenvalue weighted by Crippen LogP contribution is 2.25. The van der Waals surface area contributed by atoms with Crippen LogP contribution in [0.5, 0.6) is 0 Å². The number of hydrogen-bond acceptors (Lipinski definition) is 2. The number of para-hydroxylation sites is 1. The van der Waals surface area contributed by atoms with Crippen LogP contribution in [0, 0.1) is 6.92 Å². The summed E-state index contributed by atoms with van der Waals surface area (Å²) in [5.41, 5.74) is 5.71. The normalized spacial score (nSPS) is 10.9. The van der Waals surface area contributed by atoms with Crippen molar-refractivity contribution in [3.05, 3.63) is 95.8 Å². The lowest BCUT2D eigenvalue weighted by molar-refractivity contribution is 0.929. The number of aromatic nitrogens is 2. The van der Waals surface area contributed by atoms with Crippen LogP contribution in [0.3, 0.4) is 0 Å². The molecule has 3 heteroatoms. The molecule has 0 unspecified atom stereocenters. The monoisotopic (exact) mass is 327 g/mol. The number of anilines is 2. The first-order chi connectivity index (χ1) is 12.3. The third kappa shape index (κ3) is 3.26. The molecule has 4 rings (SSSR count). The molecular formula is C22H21N3. The zero-order valence-electron chi connectivity index (χ0n) is 14.3. The predicted octanol–water partition coefficient (Wildman–Crippen LogP) is 5.17. The van der Waals surface area contributed by atoms with Gasteiger partial charge in [0.25, 0.3) is 0 Å². The van der Waals surface area contributed by atoms with Crippen LogP contribution in [0.25, 0.3) is 5.65 Å². The van der Waals surface area contributed by atoms with E-state index < -0.39 is 0 Å². The van der Waals surface area contributed by atoms with Crippen LogP contribution in [0.2, 0.25) is 0 Å². The minimum Gasteiger partial charge on any atom is -0.340 e. The highest BCUT2D eigenvalue weighted by molar-refractivity contribution is 5.65. The van der Waals surface area contributed by atoms with Crippen LogP contribution in [-0.4, -0.2) is 9.38 Å². The lowest BCUT2D eigenvalue weighted by Gasteiger charge is -2.09. The summed E-state index contributed by atoms with van der Waals surface area (Å²) in [6, 6.07) is 25.0. The minimum atomic E-state index is 0.903. The SMILES string of the molecule is Cc1cccn2c(Nc3ccccc3)c(CCc3ccccc3)nc12. The van der Waals surface area contributed by atoms with Gasteiger partial charge in [0, 0.05) is 11.9 Å². The minimum absolute atomic E-state index is 0.903. The molecule has 2 aromatic heterocycles. The number of imidazole rings is 1. The Hall–Kier alpha value is -3.07. The van der Waals surface area contributed by atoms with Gasteiger partial charge < -0.3 is 5.32 Å². The summed E-state index contributed by atoms with van der Waals surface area (Å²) in [5, 5.41) is 3.56. The van der Waals surface area contributed by atoms with Crippen LogP contribution >= 0.6 is 0 Å². The highest BCUT2D eigenvalue weighted by atomic mass is 15.1. The predicted molar refractivity (Wildman–Crippen MR) is 104 cm³/mol. The Morgan fingerprint density at radius 1 is 0.840 bits per heavy atom. The van der Waals surface area contributed by atoms with Crippen LogP contribution in [0.4, 0.5) is 11.5 Å². The standard InChI is InChI=1S/C22H21N3/c1-17-9-8-16-25-21(17)24-20(15-14-18-10-4-2-5-11-18)22(25)23-19-12-6-3-7-13-19/h2-13,16,23H,14-15H2,1H3. The summed E-state index contributed by atoms with van der Waals surface area (Å²) < 4.78 is 2.16. The quantitative estimate of drug-likeness (QED) is 0.548. The molecule has 0 bridgehead atoms. The number of fused-ring (bicyclic) bond motifs is 1. The van der Waals surface area contributed by atoms with Gasteiger partial charge in [-0.2, -0.15) is 0 Å². The Kier molecular flexibility index (Phi) is 4.21. The second-order valence-corrected chi connectivity index (χ2v) is 6.27. The largest absolute Gasteiger partial charge is 0.340 e. The maximum atomic E-state index is 4.92. The van der Waals surface area contributed by atoms with Gasteiger partial charge in [-0.1, -0.05) is 54.6 Å². The third-order valence-electron chi connectivity index (χ3n) is 4.45. The maximum absolute atomic E-state index is 4.92. The van der Waals surface area contributed by atoms with Crippen molar-refractivity contribution in [2.24, 2.45) is 0 Å². The molecule has 0 aliphatic carbocycles. The van der Waals surface area contributed by atoms with E-state index in [4.69, 9.17) is 4.98 Å². The Morgan fingerprint density at radius 3 is 2.32 bits per heavy atom. The zero-order chi connectivity index (χ0) is 17.1. The van der Waals surface area contributed by atoms with Crippen molar-refractivity contribution >= 4 is 17.2 Å². The van der Waals surface area contributed by atoms with Gasteiger partial charge in [-0.3, -0.25) is 4.40 Å². The topological polar surface area (TPSA) is 29.3 Å². The number of nitrogens with one attached hydrogen (secondary N) is 1. The van der Waals surface area contributed by atoms with Gasteiger partial charge in [0.1, 0.15) is 11.5 Å². The van der Waals surface area contributed by atoms with Crippen LogP contribution in [0.1, 0.15) is 16.8 Å². The summed E-state index contributed by atoms with van der Waals surface area (Å²) in [5.74, 6) is 1.06. The number of nitrogens with zero attached hydrogens (tertiary/aromatic N) is 2. The van der Waals surface area contributed by atoms with Crippen LogP contribution in [0.15, 0.2) is 79.0 Å². The van der Waals surface area contributed by atoms with Crippen molar-refractivity contribution in [1.29, 1.82) is 0 Å². The van der Waals surface area contributed by atoms with E-state index in [9.17, 15) is 0 Å². The molecule has 2 aromatic carbocycles. The van der Waals surface area contributed by atoms with Gasteiger partial charge in [0.2, 0.25) is 0 Å². The number of aryl methyl sites for hydroxylation is 3. The van der Waals surface area contributed by atoms with Gasteiger partial charge in [-0.25, -0.2) is 4.98 Å². The molecule has 0 atom stereocenters. The van der Waals surface area contributed by atoms with E-state index in [0.29, 0.717) is 0 Å². The third-order valence-corrected chi connectivity index (χ3v) is 4.45. The molecule has 4 aromatic rings. The molecule has 25 heavy (non-hydrogen) atoms. The molecule has 0 fully saturated rings. The Morgan fingerprint density at radius 2 is 1.56 bits per heavy atom. The molecule has 0 radical (unpaired) electrons. The smallest absolute Gasteiger partial charge is 0.141 e. The molecule has 0 aliphatic rings. The Balaban J connectivity index is 1.71. The molecule has 1 N–H and O–H groups in total. The van der Waals surface area contributed by atoms with Gasteiger partial charge in [0.15, 0.2) is 0 Å². The summed E-state index contributed by atoms with van der Waals surface area (Å²) in [6.07, 6.45) is 3.96. The van der Waals surface area contributed by atoms with Crippen molar-refractivity contribution in [2.75, 3.05) is 5.32 Å². The molecule has 124 valence electrons. The van der Waals surface area contributed by atoms with Crippen LogP contribution in [-0.2, 0) is 12.8 Å². The van der Waals surface area contributed by atoms with E-state index in [-0.39, 0.29) is 0 Å². The fraction of sp³-hybridized carbons (Fsp3) is 0.136. The second-order valence-electron chi connectivity index (χ2n) is 6.27. The van der Waals surface area contributed by atoms with Crippen molar-refractivity contribution in [3.8, 4) is 0 Å². The second kappa shape index (κ2) is 6.81. The van der Waals surface area contributed by atoms with Gasteiger partial charge in [-0.15, -0.1) is 0 Å². The Labute approximate surface area is 148 Å².